The largest absolute Gasteiger partial charge is 0.462 e. The number of carbonyl (C=O) groups excluding carboxylic acids is 2. The van der Waals surface area contributed by atoms with Crippen LogP contribution in [0.5, 0.6) is 0 Å². The fraction of sp³-hybridized carbons (Fsp3) is 0.696. The van der Waals surface area contributed by atoms with Crippen LogP contribution >= 0.6 is 6.57 Å². The molecule has 20 heteroatoms. The van der Waals surface area contributed by atoms with Gasteiger partial charge in [0.05, 0.1) is 25.1 Å². The molecule has 242 valence electrons. The van der Waals surface area contributed by atoms with Crippen LogP contribution < -0.4 is 15.9 Å². The van der Waals surface area contributed by atoms with Crippen LogP contribution in [0.4, 0.5) is 23.4 Å². The van der Waals surface area contributed by atoms with Crippen molar-refractivity contribution in [3.8, 4) is 0 Å². The summed E-state index contributed by atoms with van der Waals surface area (Å²) in [6.45, 7) is 3.66. The van der Waals surface area contributed by atoms with Gasteiger partial charge in [-0.1, -0.05) is 0 Å². The summed E-state index contributed by atoms with van der Waals surface area (Å²) in [6, 6.07) is -2.41. The first-order valence-corrected chi connectivity index (χ1v) is 15.7. The maximum absolute atomic E-state index is 15.5. The first kappa shape index (κ1) is 34.9. The van der Waals surface area contributed by atoms with Gasteiger partial charge in [-0.15, -0.1) is 0 Å². The van der Waals surface area contributed by atoms with Crippen molar-refractivity contribution in [3.05, 3.63) is 12.7 Å². The number of aliphatic hydroxyl groups is 1. The number of carbonyl (C=O) groups is 2. The highest BCUT2D eigenvalue weighted by molar-refractivity contribution is 8.10. The van der Waals surface area contributed by atoms with Gasteiger partial charge in [-0.3, -0.25) is 14.2 Å². The number of nitrogen functional groups attached to an aromatic ring is 1. The Morgan fingerprint density at radius 3 is 2.12 bits per heavy atom. The van der Waals surface area contributed by atoms with E-state index in [9.17, 15) is 23.5 Å². The van der Waals surface area contributed by atoms with E-state index in [0.717, 1.165) is 12.7 Å². The second-order valence-corrected chi connectivity index (χ2v) is 13.8. The Morgan fingerprint density at radius 2 is 1.63 bits per heavy atom. The maximum Gasteiger partial charge on any atom is 0.323 e. The first-order valence-electron chi connectivity index (χ1n) is 13.0. The highest BCUT2D eigenvalue weighted by Crippen LogP contribution is 2.53. The normalized spacial score (nSPS) is 23.7. The number of nitrogens with one attached hydrogen (secondary N) is 2. The van der Waals surface area contributed by atoms with Crippen molar-refractivity contribution in [1.82, 2.24) is 29.7 Å². The molecule has 1 fully saturated rings. The van der Waals surface area contributed by atoms with Crippen molar-refractivity contribution in [1.29, 1.82) is 0 Å². The molecule has 5 N–H and O–H groups in total. The summed E-state index contributed by atoms with van der Waals surface area (Å²) >= 11 is 5.51. The van der Waals surface area contributed by atoms with Crippen LogP contribution in [0, 0.1) is 0 Å². The lowest BCUT2D eigenvalue weighted by molar-refractivity contribution is -0.190. The van der Waals surface area contributed by atoms with E-state index >= 15 is 8.78 Å². The SMILES string of the molecule is CC(C)OC(=O)[C@H](C)NP(=S)(N[C@@H](C)C(=O)OC(C)C)OC[C@@]1(C(F)F)O[C@@H](n2cnc3c(N)ncnc32)C(F)(F)[C@@H]1O. The van der Waals surface area contributed by atoms with Gasteiger partial charge in [-0.2, -0.15) is 8.78 Å². The molecule has 0 spiro atoms. The number of aliphatic hydroxyl groups excluding tert-OH is 1. The van der Waals surface area contributed by atoms with Crippen molar-refractivity contribution in [2.24, 2.45) is 0 Å². The standard InChI is InChI=1S/C23H34F4N7O7PS/c1-10(2)39-17(35)12(5)32-42(43,33-13(6)18(36)40-11(3)4)38-7-22(20(24)25)19(37)23(26,27)21(41-22)34-9-31-14-15(28)29-8-30-16(14)34/h8-13,19-21,37H,7H2,1-6H3,(H2,28,29,30)(H2,32,33,43)/t12-,13-,19+,21+,22+/m0/s1. The third-order valence-electron chi connectivity index (χ3n) is 6.11. The molecule has 1 aliphatic rings. The monoisotopic (exact) mass is 659 g/mol. The Bertz CT molecular complexity index is 1340. The first-order chi connectivity index (χ1) is 19.8. The molecule has 0 amide bonds. The second-order valence-electron chi connectivity index (χ2n) is 10.4. The third kappa shape index (κ3) is 7.41. The number of nitrogens with zero attached hydrogens (tertiary/aromatic N) is 4. The van der Waals surface area contributed by atoms with Crippen LogP contribution in [0.3, 0.4) is 0 Å². The van der Waals surface area contributed by atoms with Gasteiger partial charge in [0.15, 0.2) is 29.7 Å². The molecule has 0 aliphatic carbocycles. The number of hydrogen-bond acceptors (Lipinski definition) is 12. The fourth-order valence-electron chi connectivity index (χ4n) is 4.03. The summed E-state index contributed by atoms with van der Waals surface area (Å²) in [7, 11) is 0. The summed E-state index contributed by atoms with van der Waals surface area (Å²) in [5.41, 5.74) is 1.99. The van der Waals surface area contributed by atoms with Crippen LogP contribution in [-0.4, -0.2) is 91.5 Å². The molecule has 5 atom stereocenters. The summed E-state index contributed by atoms with van der Waals surface area (Å²) < 4.78 is 82.0. The summed E-state index contributed by atoms with van der Waals surface area (Å²) in [5, 5.41) is 15.9. The Hall–Kier alpha value is -2.54. The maximum atomic E-state index is 15.5. The van der Waals surface area contributed by atoms with Gasteiger partial charge in [0.2, 0.25) is 6.23 Å². The van der Waals surface area contributed by atoms with E-state index in [1.807, 2.05) is 0 Å². The van der Waals surface area contributed by atoms with Gasteiger partial charge in [-0.05, 0) is 53.3 Å². The smallest absolute Gasteiger partial charge is 0.323 e. The van der Waals surface area contributed by atoms with Crippen molar-refractivity contribution in [2.45, 2.75) is 96.1 Å². The van der Waals surface area contributed by atoms with Gasteiger partial charge >= 0.3 is 17.9 Å². The van der Waals surface area contributed by atoms with E-state index in [1.165, 1.54) is 13.8 Å². The number of alkyl halides is 4. The van der Waals surface area contributed by atoms with Crippen LogP contribution in [0.25, 0.3) is 11.2 Å². The molecule has 0 bridgehead atoms. The lowest BCUT2D eigenvalue weighted by Gasteiger charge is -2.35. The topological polar surface area (TPSA) is 185 Å². The lowest BCUT2D eigenvalue weighted by atomic mass is 9.96. The van der Waals surface area contributed by atoms with Gasteiger partial charge in [-0.25, -0.2) is 33.9 Å². The number of anilines is 1. The van der Waals surface area contributed by atoms with Gasteiger partial charge in [0.1, 0.15) is 23.9 Å². The van der Waals surface area contributed by atoms with Crippen molar-refractivity contribution in [3.63, 3.8) is 0 Å². The van der Waals surface area contributed by atoms with Crippen LogP contribution in [0.15, 0.2) is 12.7 Å². The molecule has 0 radical (unpaired) electrons. The van der Waals surface area contributed by atoms with E-state index in [1.54, 1.807) is 27.7 Å². The van der Waals surface area contributed by atoms with Crippen LogP contribution in [-0.2, 0) is 40.1 Å². The third-order valence-corrected chi connectivity index (χ3v) is 9.00. The molecule has 0 aromatic carbocycles. The molecule has 0 saturated carbocycles. The summed E-state index contributed by atoms with van der Waals surface area (Å²) in [5.74, 6) is -6.10. The number of esters is 2. The minimum absolute atomic E-state index is 0.101. The summed E-state index contributed by atoms with van der Waals surface area (Å²) in [4.78, 5) is 36.3. The fourth-order valence-corrected chi connectivity index (χ4v) is 6.97. The van der Waals surface area contributed by atoms with Crippen molar-refractivity contribution in [2.75, 3.05) is 12.3 Å². The second kappa shape index (κ2) is 13.2. The number of imidazole rings is 1. The number of hydrogen-bond donors (Lipinski definition) is 4. The number of fused-ring (bicyclic) bond motifs is 1. The summed E-state index contributed by atoms with van der Waals surface area (Å²) in [6.07, 6.45) is -8.66. The number of nitrogens with two attached hydrogens (primary N) is 1. The van der Waals surface area contributed by atoms with Crippen LogP contribution in [0.2, 0.25) is 0 Å². The molecule has 1 aliphatic heterocycles. The Morgan fingerprint density at radius 1 is 1.09 bits per heavy atom. The van der Waals surface area contributed by atoms with Crippen LogP contribution in [0.1, 0.15) is 47.8 Å². The highest BCUT2D eigenvalue weighted by Gasteiger charge is 2.71. The predicted octanol–water partition coefficient (Wildman–Crippen LogP) is 2.04. The average Bonchev–Trinajstić information content (AvgIpc) is 3.40. The van der Waals surface area contributed by atoms with Gasteiger partial charge < -0.3 is 29.6 Å². The molecule has 14 nitrogen and oxygen atoms in total. The van der Waals surface area contributed by atoms with E-state index in [0.29, 0.717) is 4.57 Å². The molecule has 43 heavy (non-hydrogen) atoms. The average molecular weight is 660 g/mol. The molecule has 3 rings (SSSR count). The minimum atomic E-state index is -4.33. The zero-order valence-corrected chi connectivity index (χ0v) is 25.7. The molecule has 2 aromatic rings. The van der Waals surface area contributed by atoms with E-state index in [-0.39, 0.29) is 17.0 Å². The Kier molecular flexibility index (Phi) is 10.7. The predicted molar refractivity (Wildman–Crippen MR) is 147 cm³/mol. The lowest BCUT2D eigenvalue weighted by Crippen LogP contribution is -2.55. The van der Waals surface area contributed by atoms with Gasteiger partial charge in [0, 0.05) is 0 Å². The zero-order chi connectivity index (χ0) is 32.5. The highest BCUT2D eigenvalue weighted by atomic mass is 32.4. The molecule has 3 heterocycles. The number of rotatable bonds is 13. The molecule has 0 unspecified atom stereocenters. The van der Waals surface area contributed by atoms with E-state index < -0.39 is 79.7 Å². The quantitative estimate of drug-likeness (QED) is 0.139. The Labute approximate surface area is 249 Å². The number of halogens is 4. The molecular formula is C23H34F4N7O7PS. The molecular weight excluding hydrogens is 625 g/mol. The van der Waals surface area contributed by atoms with E-state index in [2.05, 4.69) is 25.1 Å². The zero-order valence-electron chi connectivity index (χ0n) is 24.0. The van der Waals surface area contributed by atoms with Crippen molar-refractivity contribution >= 4 is 47.3 Å². The Balaban J connectivity index is 1.96. The van der Waals surface area contributed by atoms with E-state index in [4.69, 9.17) is 36.3 Å². The molecule has 2 aromatic heterocycles. The molecule has 1 saturated heterocycles. The van der Waals surface area contributed by atoms with Crippen molar-refractivity contribution < 1.29 is 51.0 Å². The number of aromatic nitrogens is 4. The minimum Gasteiger partial charge on any atom is -0.462 e. The van der Waals surface area contributed by atoms with Gasteiger partial charge in [0.25, 0.3) is 6.43 Å². The number of ether oxygens (including phenoxy) is 3.